The van der Waals surface area contributed by atoms with E-state index >= 15 is 0 Å². The van der Waals surface area contributed by atoms with E-state index < -0.39 is 5.97 Å². The van der Waals surface area contributed by atoms with Crippen LogP contribution in [0.25, 0.3) is 22.0 Å². The number of benzene rings is 2. The Morgan fingerprint density at radius 2 is 1.82 bits per heavy atom. The first kappa shape index (κ1) is 14.1. The molecule has 0 spiro atoms. The Morgan fingerprint density at radius 3 is 2.55 bits per heavy atom. The maximum absolute atomic E-state index is 11.9. The average molecular weight is 297 g/mol. The SMILES string of the molecule is COC(=O)c1c(-c2ccc3cc(OC)ccc3c2)noc1C. The summed E-state index contributed by atoms with van der Waals surface area (Å²) >= 11 is 0. The molecule has 0 amide bonds. The quantitative estimate of drug-likeness (QED) is 0.691. The van der Waals surface area contributed by atoms with Crippen LogP contribution in [-0.2, 0) is 4.74 Å². The molecular formula is C17H15NO4. The number of nitrogens with zero attached hydrogens (tertiary/aromatic N) is 1. The number of methoxy groups -OCH3 is 2. The highest BCUT2D eigenvalue weighted by atomic mass is 16.5. The van der Waals surface area contributed by atoms with Crippen LogP contribution in [0.3, 0.4) is 0 Å². The van der Waals surface area contributed by atoms with Crippen LogP contribution in [0.4, 0.5) is 0 Å². The van der Waals surface area contributed by atoms with E-state index in [0.29, 0.717) is 17.0 Å². The number of hydrogen-bond donors (Lipinski definition) is 0. The van der Waals surface area contributed by atoms with Gasteiger partial charge in [-0.05, 0) is 35.9 Å². The Kier molecular flexibility index (Phi) is 3.55. The highest BCUT2D eigenvalue weighted by Gasteiger charge is 2.22. The van der Waals surface area contributed by atoms with Crippen molar-refractivity contribution in [2.75, 3.05) is 14.2 Å². The highest BCUT2D eigenvalue weighted by Crippen LogP contribution is 2.30. The van der Waals surface area contributed by atoms with Crippen LogP contribution >= 0.6 is 0 Å². The third kappa shape index (κ3) is 2.30. The van der Waals surface area contributed by atoms with Crippen molar-refractivity contribution in [2.24, 2.45) is 0 Å². The first-order valence-corrected chi connectivity index (χ1v) is 6.77. The minimum Gasteiger partial charge on any atom is -0.497 e. The number of fused-ring (bicyclic) bond motifs is 1. The van der Waals surface area contributed by atoms with Crippen molar-refractivity contribution >= 4 is 16.7 Å². The average Bonchev–Trinajstić information content (AvgIpc) is 2.94. The molecule has 0 aliphatic rings. The van der Waals surface area contributed by atoms with Gasteiger partial charge in [-0.1, -0.05) is 23.4 Å². The predicted molar refractivity (Wildman–Crippen MR) is 82.1 cm³/mol. The van der Waals surface area contributed by atoms with Crippen LogP contribution in [0.1, 0.15) is 16.1 Å². The van der Waals surface area contributed by atoms with Crippen LogP contribution < -0.4 is 4.74 Å². The molecule has 0 saturated carbocycles. The van der Waals surface area contributed by atoms with E-state index in [4.69, 9.17) is 14.0 Å². The van der Waals surface area contributed by atoms with Gasteiger partial charge in [0, 0.05) is 5.56 Å². The van der Waals surface area contributed by atoms with Gasteiger partial charge in [0.05, 0.1) is 14.2 Å². The number of rotatable bonds is 3. The van der Waals surface area contributed by atoms with E-state index in [9.17, 15) is 4.79 Å². The zero-order valence-corrected chi connectivity index (χ0v) is 12.5. The van der Waals surface area contributed by atoms with Crippen LogP contribution in [0, 0.1) is 6.92 Å². The lowest BCUT2D eigenvalue weighted by molar-refractivity contribution is 0.0599. The monoisotopic (exact) mass is 297 g/mol. The number of ether oxygens (including phenoxy) is 2. The van der Waals surface area contributed by atoms with Crippen molar-refractivity contribution in [2.45, 2.75) is 6.92 Å². The lowest BCUT2D eigenvalue weighted by Gasteiger charge is -2.05. The first-order valence-electron chi connectivity index (χ1n) is 6.77. The van der Waals surface area contributed by atoms with Crippen molar-refractivity contribution in [3.05, 3.63) is 47.7 Å². The van der Waals surface area contributed by atoms with Crippen molar-refractivity contribution < 1.29 is 18.8 Å². The minimum absolute atomic E-state index is 0.357. The highest BCUT2D eigenvalue weighted by molar-refractivity contribution is 5.98. The molecule has 1 heterocycles. The van der Waals surface area contributed by atoms with Gasteiger partial charge in [-0.25, -0.2) is 4.79 Å². The molecule has 5 heteroatoms. The Balaban J connectivity index is 2.13. The number of carbonyl (C=O) groups excluding carboxylic acids is 1. The topological polar surface area (TPSA) is 61.6 Å². The van der Waals surface area contributed by atoms with E-state index in [1.807, 2.05) is 36.4 Å². The van der Waals surface area contributed by atoms with Crippen LogP contribution in [0.5, 0.6) is 5.75 Å². The van der Waals surface area contributed by atoms with Gasteiger partial charge in [0.2, 0.25) is 0 Å². The Bertz CT molecular complexity index is 851. The summed E-state index contributed by atoms with van der Waals surface area (Å²) in [5, 5.41) is 6.06. The largest absolute Gasteiger partial charge is 0.497 e. The molecule has 0 atom stereocenters. The van der Waals surface area contributed by atoms with Gasteiger partial charge >= 0.3 is 5.97 Å². The maximum Gasteiger partial charge on any atom is 0.343 e. The summed E-state index contributed by atoms with van der Waals surface area (Å²) in [6.45, 7) is 1.69. The summed E-state index contributed by atoms with van der Waals surface area (Å²) in [7, 11) is 2.97. The normalized spacial score (nSPS) is 10.7. The van der Waals surface area contributed by atoms with Crippen LogP contribution in [0.2, 0.25) is 0 Å². The van der Waals surface area contributed by atoms with Crippen molar-refractivity contribution in [3.8, 4) is 17.0 Å². The summed E-state index contributed by atoms with van der Waals surface area (Å²) in [6, 6.07) is 11.6. The van der Waals surface area contributed by atoms with Crippen molar-refractivity contribution in [3.63, 3.8) is 0 Å². The Hall–Kier alpha value is -2.82. The molecule has 0 bridgehead atoms. The van der Waals surface area contributed by atoms with Gasteiger partial charge in [0.25, 0.3) is 0 Å². The first-order chi connectivity index (χ1) is 10.6. The number of esters is 1. The number of hydrogen-bond acceptors (Lipinski definition) is 5. The molecule has 0 aliphatic carbocycles. The summed E-state index contributed by atoms with van der Waals surface area (Å²) in [5.74, 6) is 0.785. The second-order valence-corrected chi connectivity index (χ2v) is 4.88. The number of aryl methyl sites for hydroxylation is 1. The molecule has 3 rings (SSSR count). The fourth-order valence-corrected chi connectivity index (χ4v) is 2.41. The number of aromatic nitrogens is 1. The predicted octanol–water partition coefficient (Wildman–Crippen LogP) is 3.60. The smallest absolute Gasteiger partial charge is 0.343 e. The van der Waals surface area contributed by atoms with Crippen LogP contribution in [-0.4, -0.2) is 25.3 Å². The maximum atomic E-state index is 11.9. The van der Waals surface area contributed by atoms with E-state index in [1.54, 1.807) is 14.0 Å². The van der Waals surface area contributed by atoms with Crippen molar-refractivity contribution in [1.82, 2.24) is 5.16 Å². The molecule has 3 aromatic rings. The van der Waals surface area contributed by atoms with Crippen LogP contribution in [0.15, 0.2) is 40.9 Å². The summed E-state index contributed by atoms with van der Waals surface area (Å²) in [4.78, 5) is 11.9. The molecule has 0 saturated heterocycles. The standard InChI is InChI=1S/C17H15NO4/c1-10-15(17(19)21-3)16(18-22-10)13-5-4-12-9-14(20-2)7-6-11(12)8-13/h4-9H,1-3H3. The zero-order valence-electron chi connectivity index (χ0n) is 12.5. The molecule has 0 aliphatic heterocycles. The Labute approximate surface area is 127 Å². The minimum atomic E-state index is -0.455. The molecule has 5 nitrogen and oxygen atoms in total. The lowest BCUT2D eigenvalue weighted by Crippen LogP contribution is -2.03. The Morgan fingerprint density at radius 1 is 1.09 bits per heavy atom. The van der Waals surface area contributed by atoms with E-state index in [2.05, 4.69) is 5.16 Å². The summed E-state index contributed by atoms with van der Waals surface area (Å²) < 4.78 is 15.2. The van der Waals surface area contributed by atoms with Crippen molar-refractivity contribution in [1.29, 1.82) is 0 Å². The van der Waals surface area contributed by atoms with E-state index in [-0.39, 0.29) is 0 Å². The van der Waals surface area contributed by atoms with E-state index in [1.165, 1.54) is 7.11 Å². The third-order valence-electron chi connectivity index (χ3n) is 3.57. The fraction of sp³-hybridized carbons (Fsp3) is 0.176. The molecule has 0 fully saturated rings. The molecule has 0 unspecified atom stereocenters. The molecule has 2 aromatic carbocycles. The van der Waals surface area contributed by atoms with Gasteiger partial charge in [-0.3, -0.25) is 0 Å². The zero-order chi connectivity index (χ0) is 15.7. The molecule has 0 radical (unpaired) electrons. The molecule has 22 heavy (non-hydrogen) atoms. The summed E-state index contributed by atoms with van der Waals surface area (Å²) in [6.07, 6.45) is 0. The van der Waals surface area contributed by atoms with Gasteiger partial charge in [-0.15, -0.1) is 0 Å². The van der Waals surface area contributed by atoms with Gasteiger partial charge in [0.1, 0.15) is 22.8 Å². The van der Waals surface area contributed by atoms with E-state index in [0.717, 1.165) is 22.1 Å². The molecular weight excluding hydrogens is 282 g/mol. The van der Waals surface area contributed by atoms with Gasteiger partial charge in [-0.2, -0.15) is 0 Å². The number of carbonyl (C=O) groups is 1. The molecule has 0 N–H and O–H groups in total. The lowest BCUT2D eigenvalue weighted by atomic mass is 10.0. The fourth-order valence-electron chi connectivity index (χ4n) is 2.41. The van der Waals surface area contributed by atoms with Gasteiger partial charge in [0.15, 0.2) is 0 Å². The second kappa shape index (κ2) is 5.52. The van der Waals surface area contributed by atoms with Gasteiger partial charge < -0.3 is 14.0 Å². The molecule has 112 valence electrons. The molecule has 1 aromatic heterocycles. The summed E-state index contributed by atoms with van der Waals surface area (Å²) in [5.41, 5.74) is 1.65. The second-order valence-electron chi connectivity index (χ2n) is 4.88. The third-order valence-corrected chi connectivity index (χ3v) is 3.57.